The van der Waals surface area contributed by atoms with E-state index in [2.05, 4.69) is 48.8 Å². The summed E-state index contributed by atoms with van der Waals surface area (Å²) < 4.78 is 2.31. The molecule has 0 aliphatic heterocycles. The van der Waals surface area contributed by atoms with Gasteiger partial charge in [0.05, 0.1) is 0 Å². The third-order valence-electron chi connectivity index (χ3n) is 3.47. The molecule has 1 heterocycles. The van der Waals surface area contributed by atoms with Crippen LogP contribution in [0.25, 0.3) is 0 Å². The van der Waals surface area contributed by atoms with Gasteiger partial charge < -0.3 is 9.88 Å². The Morgan fingerprint density at radius 1 is 1.35 bits per heavy atom. The third kappa shape index (κ3) is 4.15. The van der Waals surface area contributed by atoms with E-state index in [9.17, 15) is 0 Å². The van der Waals surface area contributed by atoms with Crippen molar-refractivity contribution in [2.24, 2.45) is 5.92 Å². The summed E-state index contributed by atoms with van der Waals surface area (Å²) in [4.78, 5) is 4.44. The van der Waals surface area contributed by atoms with Crippen LogP contribution >= 0.6 is 0 Å². The number of nitrogens with one attached hydrogen (secondary N) is 1. The van der Waals surface area contributed by atoms with Crippen LogP contribution in [-0.2, 0) is 13.0 Å². The average molecular weight is 237 g/mol. The fraction of sp³-hybridized carbons (Fsp3) is 0.786. The first-order valence-corrected chi connectivity index (χ1v) is 6.96. The molecule has 3 nitrogen and oxygen atoms in total. The van der Waals surface area contributed by atoms with Crippen LogP contribution < -0.4 is 5.32 Å². The standard InChI is InChI=1S/C14H27N3/c1-5-8-14-16-9-10-17(14)11-13(15-7-3)12(4)6-2/h9-10,12-13,15H,5-8,11H2,1-4H3. The summed E-state index contributed by atoms with van der Waals surface area (Å²) >= 11 is 0. The van der Waals surface area contributed by atoms with Crippen LogP contribution in [0.1, 0.15) is 46.4 Å². The molecule has 0 aliphatic carbocycles. The summed E-state index contributed by atoms with van der Waals surface area (Å²) in [5, 5.41) is 3.59. The molecule has 1 aromatic heterocycles. The summed E-state index contributed by atoms with van der Waals surface area (Å²) in [6, 6.07) is 0.551. The summed E-state index contributed by atoms with van der Waals surface area (Å²) in [5.74, 6) is 1.92. The molecule has 1 N–H and O–H groups in total. The fourth-order valence-corrected chi connectivity index (χ4v) is 2.16. The molecule has 2 atom stereocenters. The highest BCUT2D eigenvalue weighted by Gasteiger charge is 2.16. The minimum atomic E-state index is 0.551. The normalized spacial score (nSPS) is 14.8. The van der Waals surface area contributed by atoms with Crippen molar-refractivity contribution in [3.8, 4) is 0 Å². The predicted molar refractivity (Wildman–Crippen MR) is 73.1 cm³/mol. The average Bonchev–Trinajstić information content (AvgIpc) is 2.76. The van der Waals surface area contributed by atoms with Gasteiger partial charge in [-0.25, -0.2) is 4.98 Å². The van der Waals surface area contributed by atoms with Crippen molar-refractivity contribution < 1.29 is 0 Å². The summed E-state index contributed by atoms with van der Waals surface area (Å²) in [7, 11) is 0. The number of hydrogen-bond donors (Lipinski definition) is 1. The van der Waals surface area contributed by atoms with Crippen LogP contribution in [0.3, 0.4) is 0 Å². The van der Waals surface area contributed by atoms with E-state index in [0.29, 0.717) is 12.0 Å². The molecule has 0 fully saturated rings. The lowest BCUT2D eigenvalue weighted by molar-refractivity contribution is 0.331. The molecule has 0 amide bonds. The van der Waals surface area contributed by atoms with Crippen LogP contribution in [0.2, 0.25) is 0 Å². The highest BCUT2D eigenvalue weighted by Crippen LogP contribution is 2.12. The molecular formula is C14H27N3. The number of aryl methyl sites for hydroxylation is 1. The van der Waals surface area contributed by atoms with E-state index in [1.807, 2.05) is 6.20 Å². The van der Waals surface area contributed by atoms with Crippen molar-refractivity contribution in [2.45, 2.75) is 59.5 Å². The molecule has 1 rings (SSSR count). The van der Waals surface area contributed by atoms with Crippen molar-refractivity contribution in [2.75, 3.05) is 6.54 Å². The second kappa shape index (κ2) is 7.49. The number of rotatable bonds is 8. The van der Waals surface area contributed by atoms with Crippen LogP contribution in [0.15, 0.2) is 12.4 Å². The largest absolute Gasteiger partial charge is 0.333 e. The van der Waals surface area contributed by atoms with Gasteiger partial charge in [-0.05, 0) is 18.9 Å². The maximum atomic E-state index is 4.44. The topological polar surface area (TPSA) is 29.9 Å². The van der Waals surface area contributed by atoms with Crippen molar-refractivity contribution in [1.82, 2.24) is 14.9 Å². The van der Waals surface area contributed by atoms with Crippen molar-refractivity contribution in [3.05, 3.63) is 18.2 Å². The van der Waals surface area contributed by atoms with Crippen molar-refractivity contribution >= 4 is 0 Å². The van der Waals surface area contributed by atoms with Crippen LogP contribution in [0.4, 0.5) is 0 Å². The lowest BCUT2D eigenvalue weighted by Crippen LogP contribution is -2.38. The van der Waals surface area contributed by atoms with Gasteiger partial charge >= 0.3 is 0 Å². The van der Waals surface area contributed by atoms with Gasteiger partial charge in [0.1, 0.15) is 5.82 Å². The molecule has 0 spiro atoms. The summed E-state index contributed by atoms with van der Waals surface area (Å²) in [5.41, 5.74) is 0. The molecule has 3 heteroatoms. The Labute approximate surface area is 106 Å². The summed E-state index contributed by atoms with van der Waals surface area (Å²) in [6.45, 7) is 11.0. The molecule has 98 valence electrons. The van der Waals surface area contributed by atoms with E-state index in [-0.39, 0.29) is 0 Å². The highest BCUT2D eigenvalue weighted by atomic mass is 15.1. The first kappa shape index (κ1) is 14.2. The molecule has 0 aliphatic rings. The van der Waals surface area contributed by atoms with Gasteiger partial charge in [-0.2, -0.15) is 0 Å². The Bertz CT molecular complexity index is 306. The third-order valence-corrected chi connectivity index (χ3v) is 3.47. The minimum Gasteiger partial charge on any atom is -0.333 e. The van der Waals surface area contributed by atoms with Gasteiger partial charge in [-0.15, -0.1) is 0 Å². The van der Waals surface area contributed by atoms with Crippen LogP contribution in [0, 0.1) is 5.92 Å². The predicted octanol–water partition coefficient (Wildman–Crippen LogP) is 2.86. The zero-order chi connectivity index (χ0) is 12.7. The number of hydrogen-bond acceptors (Lipinski definition) is 2. The number of nitrogens with zero attached hydrogens (tertiary/aromatic N) is 2. The molecule has 0 saturated carbocycles. The van der Waals surface area contributed by atoms with Crippen LogP contribution in [-0.4, -0.2) is 22.1 Å². The Hall–Kier alpha value is -0.830. The molecule has 0 aromatic carbocycles. The van der Waals surface area contributed by atoms with E-state index >= 15 is 0 Å². The maximum Gasteiger partial charge on any atom is 0.108 e. The molecule has 0 bridgehead atoms. The molecule has 0 saturated heterocycles. The first-order valence-electron chi connectivity index (χ1n) is 6.96. The van der Waals surface area contributed by atoms with E-state index in [4.69, 9.17) is 0 Å². The molecule has 2 unspecified atom stereocenters. The molecular weight excluding hydrogens is 210 g/mol. The lowest BCUT2D eigenvalue weighted by Gasteiger charge is -2.25. The fourth-order valence-electron chi connectivity index (χ4n) is 2.16. The number of aromatic nitrogens is 2. The SMILES string of the molecule is CCCc1nccn1CC(NCC)C(C)CC. The highest BCUT2D eigenvalue weighted by molar-refractivity contribution is 4.94. The van der Waals surface area contributed by atoms with Crippen molar-refractivity contribution in [3.63, 3.8) is 0 Å². The van der Waals surface area contributed by atoms with E-state index in [1.165, 1.54) is 12.2 Å². The van der Waals surface area contributed by atoms with E-state index in [1.54, 1.807) is 0 Å². The van der Waals surface area contributed by atoms with Gasteiger partial charge in [0, 0.05) is 31.4 Å². The summed E-state index contributed by atoms with van der Waals surface area (Å²) in [6.07, 6.45) is 7.48. The zero-order valence-electron chi connectivity index (χ0n) is 11.7. The minimum absolute atomic E-state index is 0.551. The van der Waals surface area contributed by atoms with E-state index in [0.717, 1.165) is 25.9 Å². The first-order chi connectivity index (χ1) is 8.22. The Morgan fingerprint density at radius 2 is 2.12 bits per heavy atom. The zero-order valence-corrected chi connectivity index (χ0v) is 11.7. The quantitative estimate of drug-likeness (QED) is 0.753. The smallest absolute Gasteiger partial charge is 0.108 e. The molecule has 1 aromatic rings. The van der Waals surface area contributed by atoms with Crippen LogP contribution in [0.5, 0.6) is 0 Å². The maximum absolute atomic E-state index is 4.44. The second-order valence-electron chi connectivity index (χ2n) is 4.80. The monoisotopic (exact) mass is 237 g/mol. The second-order valence-corrected chi connectivity index (χ2v) is 4.80. The van der Waals surface area contributed by atoms with Gasteiger partial charge in [0.25, 0.3) is 0 Å². The Kier molecular flexibility index (Phi) is 6.27. The molecule has 0 radical (unpaired) electrons. The Morgan fingerprint density at radius 3 is 2.71 bits per heavy atom. The lowest BCUT2D eigenvalue weighted by atomic mass is 9.99. The van der Waals surface area contributed by atoms with E-state index < -0.39 is 0 Å². The van der Waals surface area contributed by atoms with Gasteiger partial charge in [-0.1, -0.05) is 34.1 Å². The van der Waals surface area contributed by atoms with Gasteiger partial charge in [-0.3, -0.25) is 0 Å². The molecule has 17 heavy (non-hydrogen) atoms. The van der Waals surface area contributed by atoms with Crippen molar-refractivity contribution in [1.29, 1.82) is 0 Å². The number of imidazole rings is 1. The Balaban J connectivity index is 2.67. The number of likely N-dealkylation sites (N-methyl/N-ethyl adjacent to an activating group) is 1. The van der Waals surface area contributed by atoms with Gasteiger partial charge in [0.15, 0.2) is 0 Å². The van der Waals surface area contributed by atoms with Gasteiger partial charge in [0.2, 0.25) is 0 Å².